The number of oxazole rings is 1. The summed E-state index contributed by atoms with van der Waals surface area (Å²) in [5, 5.41) is 7.73. The summed E-state index contributed by atoms with van der Waals surface area (Å²) in [7, 11) is 1.61. The maximum atomic E-state index is 12.3. The molecule has 0 aliphatic heterocycles. The van der Waals surface area contributed by atoms with Crippen LogP contribution in [0.3, 0.4) is 0 Å². The zero-order valence-corrected chi connectivity index (χ0v) is 18.9. The monoisotopic (exact) mass is 466 g/mol. The lowest BCUT2D eigenvalue weighted by Crippen LogP contribution is -2.18. The summed E-state index contributed by atoms with van der Waals surface area (Å²) in [5.41, 5.74) is 1.49. The maximum absolute atomic E-state index is 12.3. The summed E-state index contributed by atoms with van der Waals surface area (Å²) < 4.78 is 16.6. The molecule has 0 bridgehead atoms. The molecule has 0 saturated carbocycles. The lowest BCUT2D eigenvalue weighted by Gasteiger charge is -2.01. The number of aryl methyl sites for hydroxylation is 1. The molecular formula is C23H22N4O5S. The van der Waals surface area contributed by atoms with Crippen molar-refractivity contribution in [1.29, 1.82) is 0 Å². The third-order valence-corrected chi connectivity index (χ3v) is 5.43. The summed E-state index contributed by atoms with van der Waals surface area (Å²) in [5.74, 6) is 2.75. The van der Waals surface area contributed by atoms with E-state index in [0.29, 0.717) is 47.0 Å². The number of aromatic nitrogens is 2. The van der Waals surface area contributed by atoms with Crippen LogP contribution in [0.2, 0.25) is 0 Å². The van der Waals surface area contributed by atoms with Gasteiger partial charge in [0.2, 0.25) is 11.8 Å². The van der Waals surface area contributed by atoms with Crippen LogP contribution in [0.15, 0.2) is 56.8 Å². The molecule has 0 aliphatic carbocycles. The normalized spacial score (nSPS) is 10.7. The van der Waals surface area contributed by atoms with Crippen LogP contribution in [0, 0.1) is 0 Å². The van der Waals surface area contributed by atoms with Gasteiger partial charge in [-0.3, -0.25) is 9.59 Å². The number of furan rings is 1. The second-order valence-corrected chi connectivity index (χ2v) is 7.97. The van der Waals surface area contributed by atoms with E-state index in [1.54, 1.807) is 30.8 Å². The third kappa shape index (κ3) is 5.86. The lowest BCUT2D eigenvalue weighted by molar-refractivity contribution is -0.119. The van der Waals surface area contributed by atoms with E-state index in [4.69, 9.17) is 13.6 Å². The van der Waals surface area contributed by atoms with Gasteiger partial charge in [0.05, 0.1) is 19.9 Å². The number of rotatable bonds is 9. The highest BCUT2D eigenvalue weighted by Crippen LogP contribution is 2.27. The van der Waals surface area contributed by atoms with Crippen molar-refractivity contribution in [3.63, 3.8) is 0 Å². The molecular weight excluding hydrogens is 444 g/mol. The summed E-state index contributed by atoms with van der Waals surface area (Å²) in [4.78, 5) is 32.0. The average Bonchev–Trinajstić information content (AvgIpc) is 3.57. The van der Waals surface area contributed by atoms with Crippen molar-refractivity contribution in [1.82, 2.24) is 15.3 Å². The minimum atomic E-state index is -0.189. The number of ether oxygens (including phenoxy) is 1. The smallest absolute Gasteiger partial charge is 0.226 e. The minimum Gasteiger partial charge on any atom is -0.497 e. The molecule has 3 aromatic heterocycles. The van der Waals surface area contributed by atoms with E-state index < -0.39 is 0 Å². The Kier molecular flexibility index (Phi) is 6.84. The SMILES string of the molecule is COc1ccc(-c2cnc(CCC(=O)Nc3nc(-c4ccc(CNC(C)=O)o4)cs3)o2)cc1. The first-order chi connectivity index (χ1) is 16.0. The van der Waals surface area contributed by atoms with Gasteiger partial charge in [-0.1, -0.05) is 0 Å². The zero-order chi connectivity index (χ0) is 23.2. The highest BCUT2D eigenvalue weighted by Gasteiger charge is 2.13. The molecule has 4 rings (SSSR count). The van der Waals surface area contributed by atoms with E-state index in [-0.39, 0.29) is 18.2 Å². The van der Waals surface area contributed by atoms with Gasteiger partial charge in [-0.15, -0.1) is 11.3 Å². The van der Waals surface area contributed by atoms with Gasteiger partial charge in [-0.2, -0.15) is 0 Å². The van der Waals surface area contributed by atoms with E-state index >= 15 is 0 Å². The van der Waals surface area contributed by atoms with Crippen LogP contribution >= 0.6 is 11.3 Å². The van der Waals surface area contributed by atoms with Crippen LogP contribution < -0.4 is 15.4 Å². The minimum absolute atomic E-state index is 0.131. The molecule has 0 unspecified atom stereocenters. The number of anilines is 1. The molecule has 4 aromatic rings. The van der Waals surface area contributed by atoms with Gasteiger partial charge in [0.1, 0.15) is 17.2 Å². The quantitative estimate of drug-likeness (QED) is 0.378. The standard InChI is InChI=1S/C23H22N4O5S/c1-14(28)24-11-17-7-8-19(31-17)18-13-33-23(26-18)27-21(29)9-10-22-25-12-20(32-22)15-3-5-16(30-2)6-4-15/h3-8,12-13H,9-11H2,1-2H3,(H,24,28)(H,26,27,29). The van der Waals surface area contributed by atoms with Crippen LogP contribution in [0.25, 0.3) is 22.8 Å². The number of carbonyl (C=O) groups is 2. The van der Waals surface area contributed by atoms with E-state index in [0.717, 1.165) is 11.3 Å². The lowest BCUT2D eigenvalue weighted by atomic mass is 10.2. The Hall–Kier alpha value is -3.92. The first-order valence-electron chi connectivity index (χ1n) is 10.2. The molecule has 0 radical (unpaired) electrons. The van der Waals surface area contributed by atoms with Crippen molar-refractivity contribution in [3.05, 3.63) is 59.6 Å². The van der Waals surface area contributed by atoms with E-state index in [9.17, 15) is 9.59 Å². The number of hydrogen-bond acceptors (Lipinski definition) is 8. The molecule has 33 heavy (non-hydrogen) atoms. The molecule has 170 valence electrons. The number of nitrogens with zero attached hydrogens (tertiary/aromatic N) is 2. The highest BCUT2D eigenvalue weighted by atomic mass is 32.1. The van der Waals surface area contributed by atoms with Crippen LogP contribution in [0.4, 0.5) is 5.13 Å². The molecule has 9 nitrogen and oxygen atoms in total. The van der Waals surface area contributed by atoms with Crippen molar-refractivity contribution < 1.29 is 23.2 Å². The van der Waals surface area contributed by atoms with Gasteiger partial charge in [0, 0.05) is 30.7 Å². The molecule has 0 saturated heterocycles. The Balaban J connectivity index is 1.29. The summed E-state index contributed by atoms with van der Waals surface area (Å²) in [6.07, 6.45) is 2.22. The Morgan fingerprint density at radius 3 is 2.67 bits per heavy atom. The van der Waals surface area contributed by atoms with Crippen molar-refractivity contribution in [2.24, 2.45) is 0 Å². The van der Waals surface area contributed by atoms with Gasteiger partial charge in [0.15, 0.2) is 22.5 Å². The topological polar surface area (TPSA) is 119 Å². The van der Waals surface area contributed by atoms with Gasteiger partial charge in [0.25, 0.3) is 0 Å². The fourth-order valence-corrected chi connectivity index (χ4v) is 3.70. The van der Waals surface area contributed by atoms with E-state index in [1.807, 2.05) is 24.3 Å². The predicted octanol–water partition coefficient (Wildman–Crippen LogP) is 4.27. The molecule has 0 aliphatic rings. The average molecular weight is 467 g/mol. The molecule has 3 heterocycles. The first-order valence-corrected chi connectivity index (χ1v) is 11.1. The maximum Gasteiger partial charge on any atom is 0.226 e. The Morgan fingerprint density at radius 1 is 1.09 bits per heavy atom. The number of nitrogens with one attached hydrogen (secondary N) is 2. The summed E-state index contributed by atoms with van der Waals surface area (Å²) in [6, 6.07) is 11.0. The van der Waals surface area contributed by atoms with E-state index in [1.165, 1.54) is 18.3 Å². The van der Waals surface area contributed by atoms with Gasteiger partial charge >= 0.3 is 0 Å². The van der Waals surface area contributed by atoms with Crippen LogP contribution in [0.1, 0.15) is 25.0 Å². The van der Waals surface area contributed by atoms with Gasteiger partial charge in [-0.25, -0.2) is 9.97 Å². The Bertz CT molecular complexity index is 1240. The number of methoxy groups -OCH3 is 1. The third-order valence-electron chi connectivity index (χ3n) is 4.67. The van der Waals surface area contributed by atoms with Crippen molar-refractivity contribution in [3.8, 4) is 28.5 Å². The van der Waals surface area contributed by atoms with E-state index in [2.05, 4.69) is 20.6 Å². The number of benzene rings is 1. The molecule has 0 spiro atoms. The predicted molar refractivity (Wildman–Crippen MR) is 123 cm³/mol. The van der Waals surface area contributed by atoms with Crippen LogP contribution in [0.5, 0.6) is 5.75 Å². The van der Waals surface area contributed by atoms with Gasteiger partial charge in [-0.05, 0) is 36.4 Å². The molecule has 10 heteroatoms. The number of amides is 2. The second-order valence-electron chi connectivity index (χ2n) is 7.11. The highest BCUT2D eigenvalue weighted by molar-refractivity contribution is 7.14. The number of carbonyl (C=O) groups excluding carboxylic acids is 2. The van der Waals surface area contributed by atoms with Crippen molar-refractivity contribution >= 4 is 28.3 Å². The molecule has 2 amide bonds. The van der Waals surface area contributed by atoms with Gasteiger partial charge < -0.3 is 24.2 Å². The largest absolute Gasteiger partial charge is 0.497 e. The summed E-state index contributed by atoms with van der Waals surface area (Å²) >= 11 is 1.30. The Morgan fingerprint density at radius 2 is 1.91 bits per heavy atom. The molecule has 1 aromatic carbocycles. The van der Waals surface area contributed by atoms with Crippen LogP contribution in [-0.2, 0) is 22.6 Å². The molecule has 2 N–H and O–H groups in total. The van der Waals surface area contributed by atoms with Crippen LogP contribution in [-0.4, -0.2) is 28.9 Å². The number of thiazole rings is 1. The van der Waals surface area contributed by atoms with Crippen molar-refractivity contribution in [2.45, 2.75) is 26.3 Å². The fraction of sp³-hybridized carbons (Fsp3) is 0.217. The Labute approximate surface area is 193 Å². The molecule has 0 atom stereocenters. The number of hydrogen-bond donors (Lipinski definition) is 2. The summed E-state index contributed by atoms with van der Waals surface area (Å²) in [6.45, 7) is 1.76. The fourth-order valence-electron chi connectivity index (χ4n) is 2.98. The zero-order valence-electron chi connectivity index (χ0n) is 18.1. The molecule has 0 fully saturated rings. The second kappa shape index (κ2) is 10.1. The first kappa shape index (κ1) is 22.3. The van der Waals surface area contributed by atoms with Crippen molar-refractivity contribution in [2.75, 3.05) is 12.4 Å².